The normalized spacial score (nSPS) is 15.4. The van der Waals surface area contributed by atoms with Crippen molar-refractivity contribution < 1.29 is 19.1 Å². The molecular formula is C22H25N3O4. The summed E-state index contributed by atoms with van der Waals surface area (Å²) in [6.45, 7) is 2.57. The molecule has 3 aromatic rings. The first-order valence-electron chi connectivity index (χ1n) is 9.72. The number of benzene rings is 2. The molecule has 0 atom stereocenters. The number of likely N-dealkylation sites (tertiary alicyclic amines) is 1. The summed E-state index contributed by atoms with van der Waals surface area (Å²) in [6.07, 6.45) is 2.14. The van der Waals surface area contributed by atoms with Gasteiger partial charge in [-0.1, -0.05) is 17.3 Å². The van der Waals surface area contributed by atoms with Crippen molar-refractivity contribution in [3.63, 3.8) is 0 Å². The number of phenolic OH excluding ortho intramolecular Hbond substituents is 1. The van der Waals surface area contributed by atoms with Crippen molar-refractivity contribution in [2.24, 2.45) is 0 Å². The second-order valence-corrected chi connectivity index (χ2v) is 7.22. The Morgan fingerprint density at radius 2 is 1.83 bits per heavy atom. The Balaban J connectivity index is 1.38. The molecule has 1 aromatic heterocycles. The summed E-state index contributed by atoms with van der Waals surface area (Å²) in [7, 11) is 3.23. The first kappa shape index (κ1) is 19.3. The van der Waals surface area contributed by atoms with E-state index in [2.05, 4.69) is 15.0 Å². The minimum atomic E-state index is 0.312. The van der Waals surface area contributed by atoms with E-state index >= 15 is 0 Å². The average Bonchev–Trinajstić information content (AvgIpc) is 3.22. The zero-order valence-corrected chi connectivity index (χ0v) is 16.7. The van der Waals surface area contributed by atoms with Crippen LogP contribution < -0.4 is 9.47 Å². The molecule has 0 unspecified atom stereocenters. The smallest absolute Gasteiger partial charge is 0.241 e. The molecule has 0 saturated carbocycles. The van der Waals surface area contributed by atoms with Crippen LogP contribution in [0.15, 0.2) is 47.0 Å². The third kappa shape index (κ3) is 4.35. The van der Waals surface area contributed by atoms with Crippen LogP contribution in [-0.2, 0) is 6.54 Å². The van der Waals surface area contributed by atoms with Crippen LogP contribution in [0.5, 0.6) is 17.2 Å². The van der Waals surface area contributed by atoms with E-state index in [1.165, 1.54) is 5.56 Å². The van der Waals surface area contributed by atoms with Gasteiger partial charge < -0.3 is 19.1 Å². The van der Waals surface area contributed by atoms with E-state index in [-0.39, 0.29) is 0 Å². The van der Waals surface area contributed by atoms with E-state index in [0.717, 1.165) is 31.5 Å². The minimum absolute atomic E-state index is 0.312. The molecule has 0 spiro atoms. The summed E-state index contributed by atoms with van der Waals surface area (Å²) >= 11 is 0. The SMILES string of the molecule is COc1ccc(-c2noc(CN3CCC(c4ccc(O)cc4)CC3)n2)c(OC)c1. The van der Waals surface area contributed by atoms with E-state index in [1.807, 2.05) is 24.3 Å². The third-order valence-corrected chi connectivity index (χ3v) is 5.43. The molecule has 1 aliphatic heterocycles. The molecule has 7 heteroatoms. The lowest BCUT2D eigenvalue weighted by molar-refractivity contribution is 0.181. The highest BCUT2D eigenvalue weighted by Crippen LogP contribution is 2.32. The van der Waals surface area contributed by atoms with Gasteiger partial charge in [0.25, 0.3) is 0 Å². The van der Waals surface area contributed by atoms with Crippen molar-refractivity contribution in [1.82, 2.24) is 15.0 Å². The van der Waals surface area contributed by atoms with Gasteiger partial charge in [0, 0.05) is 6.07 Å². The molecule has 7 nitrogen and oxygen atoms in total. The molecule has 2 heterocycles. The number of nitrogens with zero attached hydrogens (tertiary/aromatic N) is 3. The molecule has 4 rings (SSSR count). The van der Waals surface area contributed by atoms with Crippen LogP contribution in [-0.4, -0.2) is 47.5 Å². The van der Waals surface area contributed by atoms with Crippen LogP contribution in [0.25, 0.3) is 11.4 Å². The van der Waals surface area contributed by atoms with Gasteiger partial charge >= 0.3 is 0 Å². The van der Waals surface area contributed by atoms with Crippen molar-refractivity contribution in [3.05, 3.63) is 53.9 Å². The van der Waals surface area contributed by atoms with Crippen LogP contribution in [0, 0.1) is 0 Å². The van der Waals surface area contributed by atoms with E-state index in [9.17, 15) is 5.11 Å². The number of hydrogen-bond donors (Lipinski definition) is 1. The highest BCUT2D eigenvalue weighted by atomic mass is 16.5. The van der Waals surface area contributed by atoms with Gasteiger partial charge in [-0.2, -0.15) is 4.98 Å². The zero-order valence-electron chi connectivity index (χ0n) is 16.7. The largest absolute Gasteiger partial charge is 0.508 e. The van der Waals surface area contributed by atoms with Gasteiger partial charge in [0.1, 0.15) is 17.2 Å². The van der Waals surface area contributed by atoms with Crippen LogP contribution in [0.3, 0.4) is 0 Å². The maximum absolute atomic E-state index is 9.46. The van der Waals surface area contributed by atoms with Crippen LogP contribution in [0.1, 0.15) is 30.2 Å². The Kier molecular flexibility index (Phi) is 5.67. The summed E-state index contributed by atoms with van der Waals surface area (Å²) < 4.78 is 16.2. The number of ether oxygens (including phenoxy) is 2. The van der Waals surface area contributed by atoms with Crippen LogP contribution in [0.2, 0.25) is 0 Å². The van der Waals surface area contributed by atoms with Gasteiger partial charge in [0.15, 0.2) is 0 Å². The lowest BCUT2D eigenvalue weighted by Gasteiger charge is -2.31. The molecule has 0 amide bonds. The molecule has 0 aliphatic carbocycles. The Morgan fingerprint density at radius 1 is 1.07 bits per heavy atom. The maximum Gasteiger partial charge on any atom is 0.241 e. The number of methoxy groups -OCH3 is 2. The second kappa shape index (κ2) is 8.53. The Bertz CT molecular complexity index is 947. The van der Waals surface area contributed by atoms with Gasteiger partial charge in [0.05, 0.1) is 26.3 Å². The number of aromatic nitrogens is 2. The van der Waals surface area contributed by atoms with Crippen molar-refractivity contribution in [2.45, 2.75) is 25.3 Å². The van der Waals surface area contributed by atoms with E-state index < -0.39 is 0 Å². The number of hydrogen-bond acceptors (Lipinski definition) is 7. The van der Waals surface area contributed by atoms with Gasteiger partial charge in [-0.25, -0.2) is 0 Å². The molecule has 0 radical (unpaired) electrons. The lowest BCUT2D eigenvalue weighted by Crippen LogP contribution is -2.32. The maximum atomic E-state index is 9.46. The van der Waals surface area contributed by atoms with Crippen LogP contribution in [0.4, 0.5) is 0 Å². The van der Waals surface area contributed by atoms with Gasteiger partial charge in [-0.3, -0.25) is 4.90 Å². The van der Waals surface area contributed by atoms with Crippen molar-refractivity contribution in [1.29, 1.82) is 0 Å². The summed E-state index contributed by atoms with van der Waals surface area (Å²) in [6, 6.07) is 13.1. The zero-order chi connectivity index (χ0) is 20.2. The average molecular weight is 395 g/mol. The fourth-order valence-electron chi connectivity index (χ4n) is 3.77. The predicted octanol–water partition coefficient (Wildman–Crippen LogP) is 3.84. The Hall–Kier alpha value is -3.06. The first-order chi connectivity index (χ1) is 14.2. The second-order valence-electron chi connectivity index (χ2n) is 7.22. The number of rotatable bonds is 6. The molecular weight excluding hydrogens is 370 g/mol. The van der Waals surface area contributed by atoms with Gasteiger partial charge in [0.2, 0.25) is 11.7 Å². The first-order valence-corrected chi connectivity index (χ1v) is 9.72. The molecule has 29 heavy (non-hydrogen) atoms. The Morgan fingerprint density at radius 3 is 2.52 bits per heavy atom. The fraction of sp³-hybridized carbons (Fsp3) is 0.364. The van der Waals surface area contributed by atoms with E-state index in [0.29, 0.717) is 41.4 Å². The quantitative estimate of drug-likeness (QED) is 0.679. The summed E-state index contributed by atoms with van der Waals surface area (Å²) in [5, 5.41) is 13.6. The number of aromatic hydroxyl groups is 1. The lowest BCUT2D eigenvalue weighted by atomic mass is 9.89. The van der Waals surface area contributed by atoms with Crippen molar-refractivity contribution in [3.8, 4) is 28.6 Å². The van der Waals surface area contributed by atoms with Crippen molar-refractivity contribution in [2.75, 3.05) is 27.3 Å². The van der Waals surface area contributed by atoms with Gasteiger partial charge in [-0.15, -0.1) is 0 Å². The molecule has 1 N–H and O–H groups in total. The number of piperidine rings is 1. The topological polar surface area (TPSA) is 80.9 Å². The summed E-state index contributed by atoms with van der Waals surface area (Å²) in [5.41, 5.74) is 2.06. The van der Waals surface area contributed by atoms with Crippen molar-refractivity contribution >= 4 is 0 Å². The summed E-state index contributed by atoms with van der Waals surface area (Å²) in [5.74, 6) is 3.30. The number of phenols is 1. The van der Waals surface area contributed by atoms with Crippen LogP contribution >= 0.6 is 0 Å². The monoisotopic (exact) mass is 395 g/mol. The predicted molar refractivity (Wildman–Crippen MR) is 108 cm³/mol. The standard InChI is InChI=1S/C22H25N3O4/c1-27-18-7-8-19(20(13-18)28-2)22-23-21(29-24-22)14-25-11-9-16(10-12-25)15-3-5-17(26)6-4-15/h3-8,13,16,26H,9-12,14H2,1-2H3. The molecule has 152 valence electrons. The van der Waals surface area contributed by atoms with E-state index in [4.69, 9.17) is 14.0 Å². The highest BCUT2D eigenvalue weighted by Gasteiger charge is 2.23. The Labute approximate surface area is 169 Å². The fourth-order valence-corrected chi connectivity index (χ4v) is 3.77. The minimum Gasteiger partial charge on any atom is -0.508 e. The summed E-state index contributed by atoms with van der Waals surface area (Å²) in [4.78, 5) is 6.89. The molecule has 1 fully saturated rings. The van der Waals surface area contributed by atoms with E-state index in [1.54, 1.807) is 32.4 Å². The molecule has 1 saturated heterocycles. The van der Waals surface area contributed by atoms with Gasteiger partial charge in [-0.05, 0) is 61.7 Å². The molecule has 2 aromatic carbocycles. The third-order valence-electron chi connectivity index (χ3n) is 5.43. The molecule has 0 bridgehead atoms. The molecule has 1 aliphatic rings. The highest BCUT2D eigenvalue weighted by molar-refractivity contribution is 5.65.